The number of amides is 1. The third-order valence-corrected chi connectivity index (χ3v) is 4.44. The fourth-order valence-corrected chi connectivity index (χ4v) is 2.99. The Morgan fingerprint density at radius 3 is 2.60 bits per heavy atom. The van der Waals surface area contributed by atoms with Crippen molar-refractivity contribution in [3.05, 3.63) is 65.5 Å². The van der Waals surface area contributed by atoms with E-state index in [0.29, 0.717) is 17.3 Å². The van der Waals surface area contributed by atoms with Crippen LogP contribution in [0.4, 0.5) is 5.13 Å². The molecule has 0 radical (unpaired) electrons. The number of benzene rings is 2. The van der Waals surface area contributed by atoms with Gasteiger partial charge in [0.2, 0.25) is 0 Å². The zero-order chi connectivity index (χ0) is 17.5. The molecule has 0 aliphatic carbocycles. The topological polar surface area (TPSA) is 51.2 Å². The van der Waals surface area contributed by atoms with Gasteiger partial charge < -0.3 is 4.74 Å². The molecule has 0 bridgehead atoms. The molecule has 2 aromatic carbocycles. The maximum Gasteiger partial charge on any atom is 0.257 e. The third-order valence-electron chi connectivity index (χ3n) is 3.68. The predicted octanol–water partition coefficient (Wildman–Crippen LogP) is 5.24. The van der Waals surface area contributed by atoms with Crippen molar-refractivity contribution in [1.82, 2.24) is 4.98 Å². The number of unbranched alkanes of at least 4 members (excludes halogenated alkanes) is 1. The van der Waals surface area contributed by atoms with Gasteiger partial charge in [0.15, 0.2) is 5.13 Å². The molecule has 5 heteroatoms. The van der Waals surface area contributed by atoms with Crippen LogP contribution >= 0.6 is 11.3 Å². The average Bonchev–Trinajstić information content (AvgIpc) is 3.12. The number of anilines is 1. The lowest BCUT2D eigenvalue weighted by Crippen LogP contribution is -2.11. The maximum atomic E-state index is 12.3. The van der Waals surface area contributed by atoms with Crippen LogP contribution in [0.15, 0.2) is 60.0 Å². The average molecular weight is 352 g/mol. The molecule has 1 aromatic heterocycles. The number of hydrogen-bond donors (Lipinski definition) is 1. The van der Waals surface area contributed by atoms with E-state index in [0.717, 1.165) is 29.8 Å². The first-order valence-electron chi connectivity index (χ1n) is 8.31. The lowest BCUT2D eigenvalue weighted by atomic mass is 10.2. The summed E-state index contributed by atoms with van der Waals surface area (Å²) in [6.07, 6.45) is 2.12. The normalized spacial score (nSPS) is 10.4. The van der Waals surface area contributed by atoms with Crippen LogP contribution in [0.2, 0.25) is 0 Å². The van der Waals surface area contributed by atoms with Crippen LogP contribution in [-0.2, 0) is 0 Å². The minimum Gasteiger partial charge on any atom is -0.494 e. The molecule has 1 heterocycles. The smallest absolute Gasteiger partial charge is 0.257 e. The Hall–Kier alpha value is -2.66. The fourth-order valence-electron chi connectivity index (χ4n) is 2.28. The molecule has 1 N–H and O–H groups in total. The summed E-state index contributed by atoms with van der Waals surface area (Å²) in [4.78, 5) is 16.8. The molecule has 0 saturated heterocycles. The first kappa shape index (κ1) is 17.2. The van der Waals surface area contributed by atoms with Gasteiger partial charge >= 0.3 is 0 Å². The van der Waals surface area contributed by atoms with E-state index >= 15 is 0 Å². The van der Waals surface area contributed by atoms with E-state index in [1.165, 1.54) is 11.3 Å². The van der Waals surface area contributed by atoms with E-state index in [1.807, 2.05) is 47.8 Å². The molecule has 0 aliphatic rings. The maximum absolute atomic E-state index is 12.3. The first-order valence-corrected chi connectivity index (χ1v) is 9.19. The Morgan fingerprint density at radius 1 is 1.12 bits per heavy atom. The number of rotatable bonds is 7. The van der Waals surface area contributed by atoms with Crippen molar-refractivity contribution in [3.63, 3.8) is 0 Å². The van der Waals surface area contributed by atoms with Gasteiger partial charge in [0.25, 0.3) is 5.91 Å². The van der Waals surface area contributed by atoms with Crippen molar-refractivity contribution < 1.29 is 9.53 Å². The van der Waals surface area contributed by atoms with Gasteiger partial charge in [0, 0.05) is 16.5 Å². The second-order valence-electron chi connectivity index (χ2n) is 5.58. The quantitative estimate of drug-likeness (QED) is 0.592. The Balaban J connectivity index is 1.61. The van der Waals surface area contributed by atoms with E-state index in [9.17, 15) is 4.79 Å². The lowest BCUT2D eigenvalue weighted by molar-refractivity contribution is 0.102. The Labute approximate surface area is 151 Å². The zero-order valence-corrected chi connectivity index (χ0v) is 14.9. The highest BCUT2D eigenvalue weighted by molar-refractivity contribution is 7.14. The molecular formula is C20H20N2O2S. The van der Waals surface area contributed by atoms with Crippen molar-refractivity contribution in [3.8, 4) is 17.0 Å². The molecule has 0 unspecified atom stereocenters. The van der Waals surface area contributed by atoms with Crippen LogP contribution in [-0.4, -0.2) is 17.5 Å². The molecule has 128 valence electrons. The van der Waals surface area contributed by atoms with E-state index in [-0.39, 0.29) is 5.91 Å². The number of hydrogen-bond acceptors (Lipinski definition) is 4. The van der Waals surface area contributed by atoms with E-state index in [2.05, 4.69) is 17.2 Å². The molecule has 0 fully saturated rings. The van der Waals surface area contributed by atoms with Gasteiger partial charge in [-0.05, 0) is 30.7 Å². The summed E-state index contributed by atoms with van der Waals surface area (Å²) in [6.45, 7) is 2.82. The number of carbonyl (C=O) groups excluding carboxylic acids is 1. The monoisotopic (exact) mass is 352 g/mol. The molecule has 3 rings (SSSR count). The summed E-state index contributed by atoms with van der Waals surface area (Å²) in [7, 11) is 0. The second-order valence-corrected chi connectivity index (χ2v) is 6.44. The number of thiazole rings is 1. The van der Waals surface area contributed by atoms with Crippen LogP contribution in [0.3, 0.4) is 0 Å². The summed E-state index contributed by atoms with van der Waals surface area (Å²) in [5.74, 6) is 0.611. The third kappa shape index (κ3) is 4.67. The standard InChI is InChI=1S/C20H20N2O2S/c1-2-3-13-24-17-11-9-16(10-12-17)19(23)22-20-21-18(14-25-20)15-7-5-4-6-8-15/h4-12,14H,2-3,13H2,1H3,(H,21,22,23). The van der Waals surface area contributed by atoms with Crippen molar-refractivity contribution in [1.29, 1.82) is 0 Å². The van der Waals surface area contributed by atoms with Gasteiger partial charge in [0.1, 0.15) is 5.75 Å². The Bertz CT molecular complexity index is 813. The van der Waals surface area contributed by atoms with Crippen molar-refractivity contribution in [2.75, 3.05) is 11.9 Å². The number of aromatic nitrogens is 1. The van der Waals surface area contributed by atoms with Crippen LogP contribution in [0, 0.1) is 0 Å². The summed E-state index contributed by atoms with van der Waals surface area (Å²) < 4.78 is 5.61. The minimum absolute atomic E-state index is 0.172. The summed E-state index contributed by atoms with van der Waals surface area (Å²) in [6, 6.07) is 17.1. The summed E-state index contributed by atoms with van der Waals surface area (Å²) in [5, 5.41) is 5.38. The number of nitrogens with one attached hydrogen (secondary N) is 1. The highest BCUT2D eigenvalue weighted by Gasteiger charge is 2.10. The largest absolute Gasteiger partial charge is 0.494 e. The Kier molecular flexibility index (Phi) is 5.80. The van der Waals surface area contributed by atoms with E-state index in [4.69, 9.17) is 4.74 Å². The van der Waals surface area contributed by atoms with Gasteiger partial charge in [0.05, 0.1) is 12.3 Å². The molecule has 0 atom stereocenters. The molecule has 0 spiro atoms. The summed E-state index contributed by atoms with van der Waals surface area (Å²) in [5.41, 5.74) is 2.48. The predicted molar refractivity (Wildman–Crippen MR) is 102 cm³/mol. The highest BCUT2D eigenvalue weighted by atomic mass is 32.1. The van der Waals surface area contributed by atoms with Gasteiger partial charge in [-0.3, -0.25) is 10.1 Å². The van der Waals surface area contributed by atoms with Gasteiger partial charge in [-0.25, -0.2) is 4.98 Å². The van der Waals surface area contributed by atoms with Crippen molar-refractivity contribution in [2.24, 2.45) is 0 Å². The van der Waals surface area contributed by atoms with Crippen LogP contribution in [0.1, 0.15) is 30.1 Å². The second kappa shape index (κ2) is 8.44. The van der Waals surface area contributed by atoms with Gasteiger partial charge in [-0.2, -0.15) is 0 Å². The fraction of sp³-hybridized carbons (Fsp3) is 0.200. The highest BCUT2D eigenvalue weighted by Crippen LogP contribution is 2.25. The number of nitrogens with zero attached hydrogens (tertiary/aromatic N) is 1. The minimum atomic E-state index is -0.172. The first-order chi connectivity index (χ1) is 12.3. The number of ether oxygens (including phenoxy) is 1. The molecule has 0 aliphatic heterocycles. The van der Waals surface area contributed by atoms with Crippen LogP contribution in [0.25, 0.3) is 11.3 Å². The van der Waals surface area contributed by atoms with Crippen LogP contribution in [0.5, 0.6) is 5.75 Å². The summed E-state index contributed by atoms with van der Waals surface area (Å²) >= 11 is 1.42. The molecule has 0 saturated carbocycles. The molecule has 1 amide bonds. The lowest BCUT2D eigenvalue weighted by Gasteiger charge is -2.06. The molecule has 25 heavy (non-hydrogen) atoms. The molecular weight excluding hydrogens is 332 g/mol. The van der Waals surface area contributed by atoms with E-state index < -0.39 is 0 Å². The van der Waals surface area contributed by atoms with Crippen LogP contribution < -0.4 is 10.1 Å². The molecule has 3 aromatic rings. The Morgan fingerprint density at radius 2 is 1.88 bits per heavy atom. The van der Waals surface area contributed by atoms with Gasteiger partial charge in [-0.15, -0.1) is 11.3 Å². The SMILES string of the molecule is CCCCOc1ccc(C(=O)Nc2nc(-c3ccccc3)cs2)cc1. The molecule has 4 nitrogen and oxygen atoms in total. The number of carbonyl (C=O) groups is 1. The zero-order valence-electron chi connectivity index (χ0n) is 14.1. The van der Waals surface area contributed by atoms with Crippen molar-refractivity contribution in [2.45, 2.75) is 19.8 Å². The van der Waals surface area contributed by atoms with E-state index in [1.54, 1.807) is 12.1 Å². The van der Waals surface area contributed by atoms with Gasteiger partial charge in [-0.1, -0.05) is 43.7 Å². The van der Waals surface area contributed by atoms with Crippen molar-refractivity contribution >= 4 is 22.4 Å².